The molecule has 0 spiro atoms. The SMILES string of the molecule is Cn1c(=O)c(C(=O)c2cccc(SOOO)c2)c2c3c(c(Nc4cc(Nc5nc(Oc6cc(C(=O)O)cc(C(=O)O)c6)nc(SCCSc6nc(Nc7cc(Nc8ccc9c%10c8C(=O)c8ccccc8-c%10c(C(=O)c8cccc(S(=O)(=O)O)c8)c(=O)n9C)c(S(=O)(=O)O)cc7SOOO)nc(Oc7cc(C(=O)O)cc(C(=O)O)c7)n6)n5)c(S(=O)(=O)O)cc4SOOO)ccc31)C(=O)c1ccccc1-2. The molecule has 0 radical (unpaired) electrons. The largest absolute Gasteiger partial charge is 0.478 e. The number of ether oxygens (including phenoxy) is 2. The number of thioether (sulfide) groups is 2. The zero-order chi connectivity index (χ0) is 98.4. The number of pyridine rings is 2. The summed E-state index contributed by atoms with van der Waals surface area (Å²) in [5, 5.41) is 90.2. The summed E-state index contributed by atoms with van der Waals surface area (Å²) in [5.74, 6) is -12.6. The lowest BCUT2D eigenvalue weighted by Gasteiger charge is -2.26. The zero-order valence-electron chi connectivity index (χ0n) is 68.8. The van der Waals surface area contributed by atoms with E-state index in [-0.39, 0.29) is 156 Å². The summed E-state index contributed by atoms with van der Waals surface area (Å²) in [6.07, 6.45) is 0. The second-order valence-corrected chi connectivity index (χ2v) is 37.4. The van der Waals surface area contributed by atoms with Crippen molar-refractivity contribution >= 4 is 205 Å². The van der Waals surface area contributed by atoms with Crippen LogP contribution in [0.5, 0.6) is 23.5 Å². The number of aromatic nitrogens is 8. The standard InChI is InChI=1S/C84H54N12O34S8/c1-95-55-19-17-49(63-65(55)61(45-13-3-5-15-47(45)71(63)99)67(73(95)101)69(97)35-9-7-11-43(29-35)133-128-125-111)85-51-31-54(60(138(120,121)122)33-57(51)134-129-126-112)88-80-90-82(124-42-27-39(77(107)108)24-40(28-42)78(109)110)94-84(92-80)132-22-21-131-83-91-79(89-81(93-83)123-41-25-37(75(103)104)23-38(26-41)76(105)106)87-52-32-53(59(137(117,118)119)34-58(52)135-130-127-113)86-50-18-20-56-66-62(46-14-4-6-16-48(46)72(100)64(50)66)68(74(102)96(56)2)70(98)36-10-8-12-44(30-36)136(114,115)116/h3-20,23-34,85-86,111-113H,21-22H2,1-2H3,(H,103,104)(H,105,106)(H,107,108)(H,109,110)(H,114,115,116)(H,117,118,119)(H,120,121,122)(H,87,89,91,93)(H,88,90,92,94). The van der Waals surface area contributed by atoms with Gasteiger partial charge in [0.25, 0.3) is 41.5 Å². The van der Waals surface area contributed by atoms with Crippen molar-refractivity contribution in [1.82, 2.24) is 39.0 Å². The van der Waals surface area contributed by atoms with Crippen molar-refractivity contribution in [1.29, 1.82) is 0 Å². The minimum Gasteiger partial charge on any atom is -0.478 e. The molecule has 46 nitrogen and oxygen atoms in total. The summed E-state index contributed by atoms with van der Waals surface area (Å²) in [6, 6.07) is 34.1. The van der Waals surface area contributed by atoms with Gasteiger partial charge in [-0.2, -0.15) is 55.2 Å². The molecule has 14 N–H and O–H groups in total. The maximum absolute atomic E-state index is 15.2. The van der Waals surface area contributed by atoms with Crippen LogP contribution in [0.4, 0.5) is 46.0 Å². The molecule has 4 aromatic heterocycles. The quantitative estimate of drug-likeness (QED) is 0.00327. The molecule has 2 aliphatic rings. The number of carbonyl (C=O) groups excluding carboxylic acids is 4. The predicted molar refractivity (Wildman–Crippen MR) is 485 cm³/mol. The topological polar surface area (TPSA) is 685 Å². The number of nitrogens with zero attached hydrogens (tertiary/aromatic N) is 8. The van der Waals surface area contributed by atoms with Gasteiger partial charge in [0.15, 0.2) is 33.4 Å². The fourth-order valence-corrected chi connectivity index (χ4v) is 19.8. The first-order valence-corrected chi connectivity index (χ1v) is 46.9. The highest BCUT2D eigenvalue weighted by Crippen LogP contribution is 2.50. The Morgan fingerprint density at radius 2 is 0.761 bits per heavy atom. The number of rotatable bonds is 37. The molecule has 54 heteroatoms. The van der Waals surface area contributed by atoms with Crippen molar-refractivity contribution in [3.63, 3.8) is 0 Å². The van der Waals surface area contributed by atoms with Gasteiger partial charge in [-0.3, -0.25) is 42.4 Å². The fraction of sp³-hybridized carbons (Fsp3) is 0.0476. The fourth-order valence-electron chi connectivity index (χ4n) is 14.8. The molecule has 4 heterocycles. The van der Waals surface area contributed by atoms with Crippen LogP contribution in [0.2, 0.25) is 0 Å². The Hall–Kier alpha value is -14.9. The van der Waals surface area contributed by atoms with Crippen LogP contribution in [0.25, 0.3) is 44.1 Å². The minimum atomic E-state index is -5.48. The Morgan fingerprint density at radius 1 is 0.377 bits per heavy atom. The Balaban J connectivity index is 0.773. The van der Waals surface area contributed by atoms with E-state index in [1.807, 2.05) is 0 Å². The smallest absolute Gasteiger partial charge is 0.335 e. The van der Waals surface area contributed by atoms with Crippen LogP contribution in [0.1, 0.15) is 105 Å². The Bertz CT molecular complexity index is 8070. The van der Waals surface area contributed by atoms with Gasteiger partial charge in [0.1, 0.15) is 21.3 Å². The van der Waals surface area contributed by atoms with Crippen LogP contribution in [-0.4, -0.2) is 173 Å². The second-order valence-electron chi connectivity index (χ2n) is 28.8. The van der Waals surface area contributed by atoms with Crippen molar-refractivity contribution in [3.8, 4) is 45.8 Å². The number of hydrogen-bond acceptors (Lipinski definition) is 42. The number of carbonyl (C=O) groups is 8. The van der Waals surface area contributed by atoms with Crippen molar-refractivity contribution in [3.05, 3.63) is 269 Å². The molecule has 16 rings (SSSR count). The van der Waals surface area contributed by atoms with Crippen molar-refractivity contribution in [2.75, 3.05) is 32.8 Å². The van der Waals surface area contributed by atoms with E-state index in [0.717, 1.165) is 112 Å². The molecule has 10 aromatic carbocycles. The van der Waals surface area contributed by atoms with E-state index < -0.39 is 188 Å². The number of ketones is 4. The number of carboxylic acids is 4. The van der Waals surface area contributed by atoms with E-state index >= 15 is 9.59 Å². The molecular formula is C84H54N12O34S8. The molecule has 0 saturated carbocycles. The van der Waals surface area contributed by atoms with E-state index in [9.17, 15) is 108 Å². The van der Waals surface area contributed by atoms with Gasteiger partial charge < -0.3 is 60.3 Å². The van der Waals surface area contributed by atoms with E-state index in [1.54, 1.807) is 6.07 Å². The number of nitrogens with one attached hydrogen (secondary N) is 4. The number of benzene rings is 10. The van der Waals surface area contributed by atoms with E-state index in [0.29, 0.717) is 12.0 Å². The number of carboxylic acid groups (broad SMARTS) is 4. The third-order valence-electron chi connectivity index (χ3n) is 20.6. The Kier molecular flexibility index (Phi) is 27.3. The minimum absolute atomic E-state index is 0.00544. The van der Waals surface area contributed by atoms with Gasteiger partial charge in [-0.1, -0.05) is 111 Å². The normalized spacial score (nSPS) is 12.1. The van der Waals surface area contributed by atoms with Gasteiger partial charge in [0.05, 0.1) is 140 Å². The average Bonchev–Trinajstić information content (AvgIpc) is 0.707. The second kappa shape index (κ2) is 39.1. The number of fused-ring (bicyclic) bond motifs is 4. The van der Waals surface area contributed by atoms with Crippen molar-refractivity contribution in [2.45, 2.75) is 39.7 Å². The maximum atomic E-state index is 15.2. The molecule has 0 bridgehead atoms. The van der Waals surface area contributed by atoms with Crippen LogP contribution in [0, 0.1) is 0 Å². The molecule has 14 aromatic rings. The molecule has 0 amide bonds. The summed E-state index contributed by atoms with van der Waals surface area (Å²) in [5.41, 5.74) is -8.24. The summed E-state index contributed by atoms with van der Waals surface area (Å²) >= 11 is 2.24. The molecule has 702 valence electrons. The number of aryl methyl sites for hydroxylation is 2. The van der Waals surface area contributed by atoms with Crippen molar-refractivity contribution in [2.24, 2.45) is 14.1 Å². The molecular weight excluding hydrogens is 1980 g/mol. The van der Waals surface area contributed by atoms with Crippen LogP contribution in [0.15, 0.2) is 231 Å². The molecule has 0 unspecified atom stereocenters. The third kappa shape index (κ3) is 19.7. The first kappa shape index (κ1) is 96.2. The highest BCUT2D eigenvalue weighted by Gasteiger charge is 2.39. The monoisotopic (exact) mass is 2030 g/mol. The Morgan fingerprint density at radius 3 is 1.17 bits per heavy atom. The van der Waals surface area contributed by atoms with Gasteiger partial charge in [0.2, 0.25) is 11.9 Å². The zero-order valence-corrected chi connectivity index (χ0v) is 75.4. The summed E-state index contributed by atoms with van der Waals surface area (Å²) in [7, 11) is -13.2. The highest BCUT2D eigenvalue weighted by atomic mass is 32.2. The first-order chi connectivity index (χ1) is 65.8. The van der Waals surface area contributed by atoms with Gasteiger partial charge in [0, 0.05) is 74.6 Å². The number of anilines is 8. The van der Waals surface area contributed by atoms with E-state index in [1.165, 1.54) is 111 Å². The molecule has 0 fully saturated rings. The van der Waals surface area contributed by atoms with Gasteiger partial charge in [-0.15, -0.1) is 13.0 Å². The van der Waals surface area contributed by atoms with E-state index in [4.69, 9.17) is 23.4 Å². The molecule has 0 aliphatic heterocycles. The predicted octanol–water partition coefficient (Wildman–Crippen LogP) is 13.9. The molecule has 0 saturated heterocycles. The summed E-state index contributed by atoms with van der Waals surface area (Å²) in [6.45, 7) is 0. The Labute approximate surface area is 791 Å². The highest BCUT2D eigenvalue weighted by molar-refractivity contribution is 8.02. The molecule has 2 aliphatic carbocycles. The molecule has 0 atom stereocenters. The van der Waals surface area contributed by atoms with Crippen LogP contribution in [0.3, 0.4) is 0 Å². The van der Waals surface area contributed by atoms with Crippen LogP contribution in [-0.2, 0) is 72.6 Å². The lowest BCUT2D eigenvalue weighted by molar-refractivity contribution is -0.432. The third-order valence-corrected chi connectivity index (χ3v) is 27.0. The van der Waals surface area contributed by atoms with Gasteiger partial charge in [-0.05, 0) is 120 Å². The van der Waals surface area contributed by atoms with Gasteiger partial charge in [-0.25, -0.2) is 34.9 Å². The number of aromatic carboxylic acids is 4. The summed E-state index contributed by atoms with van der Waals surface area (Å²) in [4.78, 5) is 162. The lowest BCUT2D eigenvalue weighted by Crippen LogP contribution is -2.29. The lowest BCUT2D eigenvalue weighted by atomic mass is 9.80. The van der Waals surface area contributed by atoms with Gasteiger partial charge >= 0.3 is 35.9 Å². The number of hydrogen-bond donors (Lipinski definition) is 14. The average molecular weight is 2030 g/mol. The maximum Gasteiger partial charge on any atom is 0.335 e. The van der Waals surface area contributed by atoms with Crippen molar-refractivity contribution < 1.29 is 151 Å². The molecule has 138 heavy (non-hydrogen) atoms. The van der Waals surface area contributed by atoms with Crippen LogP contribution < -0.4 is 41.9 Å². The van der Waals surface area contributed by atoms with E-state index in [2.05, 4.69) is 70.6 Å². The first-order valence-electron chi connectivity index (χ1n) is 38.4. The van der Waals surface area contributed by atoms with Crippen LogP contribution >= 0.6 is 59.7 Å². The summed E-state index contributed by atoms with van der Waals surface area (Å²) < 4.78 is 140.